The maximum Gasteiger partial charge on any atom is 0.138 e. The number of nitriles is 1. The molecule has 1 aromatic heterocycles. The van der Waals surface area contributed by atoms with Crippen LogP contribution in [0.3, 0.4) is 0 Å². The molecule has 0 spiro atoms. The fourth-order valence-electron chi connectivity index (χ4n) is 1.43. The minimum absolute atomic E-state index is 0.00144. The predicted molar refractivity (Wildman–Crippen MR) is 70.1 cm³/mol. The number of allylic oxidation sites excluding steroid dienone is 2. The lowest BCUT2D eigenvalue weighted by Gasteiger charge is -1.98. The predicted octanol–water partition coefficient (Wildman–Crippen LogP) is 3.72. The number of aliphatic hydroxyl groups is 1. The van der Waals surface area contributed by atoms with Crippen molar-refractivity contribution in [2.45, 2.75) is 6.42 Å². The maximum atomic E-state index is 9.73. The Bertz CT molecular complexity index is 579. The lowest BCUT2D eigenvalue weighted by atomic mass is 10.2. The Kier molecular flexibility index (Phi) is 3.62. The molecule has 0 aliphatic rings. The van der Waals surface area contributed by atoms with Gasteiger partial charge in [0.25, 0.3) is 0 Å². The number of hydrogen-bond acceptors (Lipinski definition) is 4. The van der Waals surface area contributed by atoms with Gasteiger partial charge >= 0.3 is 0 Å². The van der Waals surface area contributed by atoms with Crippen LogP contribution in [0.2, 0.25) is 0 Å². The number of aliphatic hydroxyl groups excluding tert-OH is 1. The Morgan fingerprint density at radius 3 is 2.88 bits per heavy atom. The number of halogens is 1. The summed E-state index contributed by atoms with van der Waals surface area (Å²) in [6.45, 7) is 0. The molecule has 1 aromatic carbocycles. The molecule has 0 saturated carbocycles. The minimum Gasteiger partial charge on any atom is -0.511 e. The van der Waals surface area contributed by atoms with E-state index in [0.717, 1.165) is 10.2 Å². The van der Waals surface area contributed by atoms with Crippen LogP contribution in [0.15, 0.2) is 30.0 Å². The van der Waals surface area contributed by atoms with Gasteiger partial charge in [0.15, 0.2) is 0 Å². The number of fused-ring (bicyclic) bond motifs is 1. The van der Waals surface area contributed by atoms with Crippen LogP contribution >= 0.6 is 22.9 Å². The van der Waals surface area contributed by atoms with Crippen molar-refractivity contribution in [1.29, 1.82) is 5.26 Å². The van der Waals surface area contributed by atoms with Crippen molar-refractivity contribution < 1.29 is 5.11 Å². The van der Waals surface area contributed by atoms with Crippen LogP contribution in [0.25, 0.3) is 15.8 Å². The Balaban J connectivity index is 2.52. The lowest BCUT2D eigenvalue weighted by molar-refractivity contribution is 0.399. The lowest BCUT2D eigenvalue weighted by Crippen LogP contribution is -1.90. The highest BCUT2D eigenvalue weighted by molar-refractivity contribution is 7.19. The normalized spacial score (nSPS) is 12.2. The SMILES string of the molecule is N#C/C(=C(/O)CCCl)c1nc2ccccc2s1. The molecule has 2 aromatic rings. The summed E-state index contributed by atoms with van der Waals surface area (Å²) in [5.41, 5.74) is 1.05. The third-order valence-electron chi connectivity index (χ3n) is 2.24. The molecule has 17 heavy (non-hydrogen) atoms. The quantitative estimate of drug-likeness (QED) is 0.522. The van der Waals surface area contributed by atoms with Gasteiger partial charge < -0.3 is 5.11 Å². The highest BCUT2D eigenvalue weighted by Gasteiger charge is 2.12. The van der Waals surface area contributed by atoms with Crippen LogP contribution in [-0.4, -0.2) is 16.0 Å². The summed E-state index contributed by atoms with van der Waals surface area (Å²) < 4.78 is 0.994. The molecule has 86 valence electrons. The molecule has 2 rings (SSSR count). The van der Waals surface area contributed by atoms with Gasteiger partial charge in [0.2, 0.25) is 0 Å². The number of nitrogens with zero attached hydrogens (tertiary/aromatic N) is 2. The second-order valence-electron chi connectivity index (χ2n) is 3.36. The van der Waals surface area contributed by atoms with Gasteiger partial charge in [-0.3, -0.25) is 0 Å². The first kappa shape index (κ1) is 11.9. The highest BCUT2D eigenvalue weighted by atomic mass is 35.5. The van der Waals surface area contributed by atoms with E-state index in [1.807, 2.05) is 30.3 Å². The molecule has 0 radical (unpaired) electrons. The molecule has 0 amide bonds. The van der Waals surface area contributed by atoms with E-state index in [0.29, 0.717) is 5.01 Å². The molecule has 0 atom stereocenters. The average Bonchev–Trinajstić information content (AvgIpc) is 2.73. The molecule has 3 nitrogen and oxygen atoms in total. The first-order valence-electron chi connectivity index (χ1n) is 5.00. The zero-order valence-corrected chi connectivity index (χ0v) is 10.4. The first-order valence-corrected chi connectivity index (χ1v) is 6.35. The van der Waals surface area contributed by atoms with Gasteiger partial charge in [0, 0.05) is 12.3 Å². The van der Waals surface area contributed by atoms with E-state index in [1.54, 1.807) is 0 Å². The molecular weight excluding hydrogens is 256 g/mol. The van der Waals surface area contributed by atoms with Crippen LogP contribution in [-0.2, 0) is 0 Å². The van der Waals surface area contributed by atoms with Crippen molar-refractivity contribution in [3.05, 3.63) is 35.0 Å². The second-order valence-corrected chi connectivity index (χ2v) is 4.77. The van der Waals surface area contributed by atoms with Crippen LogP contribution in [0, 0.1) is 11.3 Å². The van der Waals surface area contributed by atoms with Crippen molar-refractivity contribution >= 4 is 38.7 Å². The second kappa shape index (κ2) is 5.17. The Hall–Kier alpha value is -1.57. The van der Waals surface area contributed by atoms with E-state index in [-0.39, 0.29) is 23.6 Å². The minimum atomic E-state index is 0.00144. The molecule has 1 N–H and O–H groups in total. The van der Waals surface area contributed by atoms with Crippen LogP contribution < -0.4 is 0 Å². The third kappa shape index (κ3) is 2.41. The van der Waals surface area contributed by atoms with E-state index in [2.05, 4.69) is 4.98 Å². The Labute approximate surface area is 108 Å². The number of thiazole rings is 1. The number of aromatic nitrogens is 1. The van der Waals surface area contributed by atoms with Crippen molar-refractivity contribution in [2.75, 3.05) is 5.88 Å². The molecule has 0 aliphatic heterocycles. The van der Waals surface area contributed by atoms with Crippen molar-refractivity contribution in [2.24, 2.45) is 0 Å². The van der Waals surface area contributed by atoms with Gasteiger partial charge in [-0.15, -0.1) is 22.9 Å². The molecule has 0 saturated heterocycles. The van der Waals surface area contributed by atoms with E-state index in [1.165, 1.54) is 11.3 Å². The summed E-state index contributed by atoms with van der Waals surface area (Å²) in [4.78, 5) is 4.32. The summed E-state index contributed by atoms with van der Waals surface area (Å²) in [7, 11) is 0. The fourth-order valence-corrected chi connectivity index (χ4v) is 2.59. The van der Waals surface area contributed by atoms with Crippen LogP contribution in [0.5, 0.6) is 0 Å². The Morgan fingerprint density at radius 2 is 2.24 bits per heavy atom. The van der Waals surface area contributed by atoms with Gasteiger partial charge in [-0.05, 0) is 12.1 Å². The van der Waals surface area contributed by atoms with Gasteiger partial charge in [0.1, 0.15) is 22.4 Å². The third-order valence-corrected chi connectivity index (χ3v) is 3.48. The summed E-state index contributed by atoms with van der Waals surface area (Å²) in [6, 6.07) is 9.60. The summed E-state index contributed by atoms with van der Waals surface area (Å²) >= 11 is 6.93. The van der Waals surface area contributed by atoms with Crippen molar-refractivity contribution in [3.8, 4) is 6.07 Å². The zero-order chi connectivity index (χ0) is 12.3. The smallest absolute Gasteiger partial charge is 0.138 e. The molecular formula is C12H9ClN2OS. The number of hydrogen-bond donors (Lipinski definition) is 1. The zero-order valence-electron chi connectivity index (χ0n) is 8.85. The van der Waals surface area contributed by atoms with Crippen molar-refractivity contribution in [1.82, 2.24) is 4.98 Å². The number of benzene rings is 1. The molecule has 0 bridgehead atoms. The highest BCUT2D eigenvalue weighted by Crippen LogP contribution is 2.28. The largest absolute Gasteiger partial charge is 0.511 e. The number of alkyl halides is 1. The number of rotatable bonds is 3. The standard InChI is InChI=1S/C12H9ClN2OS/c13-6-5-10(16)8(7-14)12-15-9-3-1-2-4-11(9)17-12/h1-4,16H,5-6H2/b10-8-. The van der Waals surface area contributed by atoms with Gasteiger partial charge in [-0.25, -0.2) is 4.98 Å². The average molecular weight is 265 g/mol. The molecule has 1 heterocycles. The first-order chi connectivity index (χ1) is 8.26. The van der Waals surface area contributed by atoms with E-state index >= 15 is 0 Å². The van der Waals surface area contributed by atoms with E-state index in [4.69, 9.17) is 16.9 Å². The molecule has 0 fully saturated rings. The summed E-state index contributed by atoms with van der Waals surface area (Å²) in [5.74, 6) is 0.281. The molecule has 0 aliphatic carbocycles. The molecule has 5 heteroatoms. The van der Waals surface area contributed by atoms with Gasteiger partial charge in [-0.2, -0.15) is 5.26 Å². The van der Waals surface area contributed by atoms with E-state index < -0.39 is 0 Å². The summed E-state index contributed by atoms with van der Waals surface area (Å²) in [5, 5.41) is 19.3. The maximum absolute atomic E-state index is 9.73. The molecule has 0 unspecified atom stereocenters. The number of para-hydroxylation sites is 1. The summed E-state index contributed by atoms with van der Waals surface area (Å²) in [6.07, 6.45) is 0.278. The fraction of sp³-hybridized carbons (Fsp3) is 0.167. The van der Waals surface area contributed by atoms with Gasteiger partial charge in [-0.1, -0.05) is 12.1 Å². The Morgan fingerprint density at radius 1 is 1.47 bits per heavy atom. The van der Waals surface area contributed by atoms with Crippen LogP contribution in [0.1, 0.15) is 11.4 Å². The van der Waals surface area contributed by atoms with E-state index in [9.17, 15) is 5.11 Å². The monoisotopic (exact) mass is 264 g/mol. The van der Waals surface area contributed by atoms with Crippen LogP contribution in [0.4, 0.5) is 0 Å². The van der Waals surface area contributed by atoms with Crippen molar-refractivity contribution in [3.63, 3.8) is 0 Å². The van der Waals surface area contributed by atoms with Gasteiger partial charge in [0.05, 0.1) is 10.2 Å². The topological polar surface area (TPSA) is 56.9 Å².